The number of carbonyl (C=O) groups excluding carboxylic acids is 1. The Morgan fingerprint density at radius 2 is 1.79 bits per heavy atom. The lowest BCUT2D eigenvalue weighted by atomic mass is 10.2. The lowest BCUT2D eigenvalue weighted by Crippen LogP contribution is -2.15. The molecule has 0 atom stereocenters. The summed E-state index contributed by atoms with van der Waals surface area (Å²) in [5, 5.41) is 0. The summed E-state index contributed by atoms with van der Waals surface area (Å²) in [6.07, 6.45) is 0. The molecule has 5 nitrogen and oxygen atoms in total. The normalized spacial score (nSPS) is 11.1. The number of esters is 1. The van der Waals surface area contributed by atoms with Crippen molar-refractivity contribution in [1.29, 1.82) is 0 Å². The van der Waals surface area contributed by atoms with Crippen LogP contribution >= 0.6 is 0 Å². The van der Waals surface area contributed by atoms with E-state index in [4.69, 9.17) is 9.47 Å². The molecule has 0 amide bonds. The summed E-state index contributed by atoms with van der Waals surface area (Å²) < 4.78 is 32.7. The molecule has 0 unspecified atom stereocenters. The molecule has 0 saturated heterocycles. The van der Waals surface area contributed by atoms with E-state index in [2.05, 4.69) is 0 Å². The van der Waals surface area contributed by atoms with Crippen molar-refractivity contribution in [2.45, 2.75) is 13.8 Å². The van der Waals surface area contributed by atoms with Gasteiger partial charge >= 0.3 is 5.97 Å². The van der Waals surface area contributed by atoms with Crippen molar-refractivity contribution in [3.63, 3.8) is 0 Å². The third-order valence-corrected chi connectivity index (χ3v) is 4.14. The number of hydrogen-bond acceptors (Lipinski definition) is 5. The molecule has 0 aromatic heterocycles. The van der Waals surface area contributed by atoms with E-state index in [0.717, 1.165) is 0 Å². The van der Waals surface area contributed by atoms with Gasteiger partial charge in [0.25, 0.3) is 0 Å². The van der Waals surface area contributed by atoms with Crippen LogP contribution < -0.4 is 4.74 Å². The standard InChI is InChI=1S/C13H18O5S/c1-3-17-13(14)11-5-7-12(8-6-11)18-9-10-19(15,16)4-2/h5-8H,3-4,9-10H2,1-2H3. The highest BCUT2D eigenvalue weighted by atomic mass is 32.2. The van der Waals surface area contributed by atoms with Gasteiger partial charge in [-0.3, -0.25) is 0 Å². The summed E-state index contributed by atoms with van der Waals surface area (Å²) in [7, 11) is -3.02. The van der Waals surface area contributed by atoms with E-state index in [-0.39, 0.29) is 24.1 Å². The molecule has 0 heterocycles. The second-order valence-corrected chi connectivity index (χ2v) is 6.30. The minimum Gasteiger partial charge on any atom is -0.493 e. The number of carbonyl (C=O) groups is 1. The molecule has 0 aliphatic carbocycles. The molecule has 0 N–H and O–H groups in total. The largest absolute Gasteiger partial charge is 0.493 e. The van der Waals surface area contributed by atoms with Crippen LogP contribution in [-0.4, -0.2) is 39.1 Å². The monoisotopic (exact) mass is 286 g/mol. The first-order valence-electron chi connectivity index (χ1n) is 6.09. The smallest absolute Gasteiger partial charge is 0.338 e. The second-order valence-electron chi connectivity index (χ2n) is 3.83. The van der Waals surface area contributed by atoms with Crippen molar-refractivity contribution in [2.75, 3.05) is 24.7 Å². The fraction of sp³-hybridized carbons (Fsp3) is 0.462. The van der Waals surface area contributed by atoms with Gasteiger partial charge in [-0.1, -0.05) is 6.92 Å². The van der Waals surface area contributed by atoms with Crippen LogP contribution in [-0.2, 0) is 14.6 Å². The summed E-state index contributed by atoms with van der Waals surface area (Å²) >= 11 is 0. The van der Waals surface area contributed by atoms with Gasteiger partial charge in [-0.05, 0) is 31.2 Å². The van der Waals surface area contributed by atoms with Gasteiger partial charge in [-0.25, -0.2) is 13.2 Å². The minimum absolute atomic E-state index is 0.0108. The quantitative estimate of drug-likeness (QED) is 0.713. The second kappa shape index (κ2) is 7.13. The van der Waals surface area contributed by atoms with Crippen LogP contribution in [0.4, 0.5) is 0 Å². The first-order valence-corrected chi connectivity index (χ1v) is 7.91. The molecule has 1 aromatic rings. The lowest BCUT2D eigenvalue weighted by Gasteiger charge is -2.07. The fourth-order valence-electron chi connectivity index (χ4n) is 1.33. The topological polar surface area (TPSA) is 69.7 Å². The summed E-state index contributed by atoms with van der Waals surface area (Å²) in [5.41, 5.74) is 0.440. The first-order chi connectivity index (χ1) is 8.98. The molecule has 1 rings (SSSR count). The predicted octanol–water partition coefficient (Wildman–Crippen LogP) is 1.68. The van der Waals surface area contributed by atoms with Crippen LogP contribution in [0.25, 0.3) is 0 Å². The number of benzene rings is 1. The van der Waals surface area contributed by atoms with Crippen molar-refractivity contribution in [1.82, 2.24) is 0 Å². The van der Waals surface area contributed by atoms with E-state index in [1.54, 1.807) is 38.1 Å². The van der Waals surface area contributed by atoms with Crippen molar-refractivity contribution in [2.24, 2.45) is 0 Å². The van der Waals surface area contributed by atoms with Crippen LogP contribution in [0, 0.1) is 0 Å². The highest BCUT2D eigenvalue weighted by Gasteiger charge is 2.08. The average Bonchev–Trinajstić information content (AvgIpc) is 2.39. The zero-order chi connectivity index (χ0) is 14.3. The maximum absolute atomic E-state index is 11.4. The maximum atomic E-state index is 11.4. The molecule has 106 valence electrons. The van der Waals surface area contributed by atoms with Crippen molar-refractivity contribution < 1.29 is 22.7 Å². The molecule has 0 bridgehead atoms. The Labute approximate surface area is 113 Å². The molecule has 0 radical (unpaired) electrons. The fourth-order valence-corrected chi connectivity index (χ4v) is 1.96. The van der Waals surface area contributed by atoms with E-state index in [1.807, 2.05) is 0 Å². The molecule has 0 aliphatic rings. The van der Waals surface area contributed by atoms with Gasteiger partial charge in [-0.15, -0.1) is 0 Å². The Morgan fingerprint density at radius 3 is 2.32 bits per heavy atom. The molecular weight excluding hydrogens is 268 g/mol. The van der Waals surface area contributed by atoms with Gasteiger partial charge in [0.05, 0.1) is 17.9 Å². The number of rotatable bonds is 7. The number of ether oxygens (including phenoxy) is 2. The number of hydrogen-bond donors (Lipinski definition) is 0. The highest BCUT2D eigenvalue weighted by molar-refractivity contribution is 7.91. The van der Waals surface area contributed by atoms with Gasteiger partial charge in [0.1, 0.15) is 12.4 Å². The van der Waals surface area contributed by atoms with Crippen LogP contribution in [0.3, 0.4) is 0 Å². The molecule has 19 heavy (non-hydrogen) atoms. The zero-order valence-electron chi connectivity index (χ0n) is 11.1. The Balaban J connectivity index is 2.51. The lowest BCUT2D eigenvalue weighted by molar-refractivity contribution is 0.0526. The van der Waals surface area contributed by atoms with Crippen LogP contribution in [0.2, 0.25) is 0 Å². The minimum atomic E-state index is -3.02. The molecule has 6 heteroatoms. The molecule has 0 spiro atoms. The molecule has 0 aliphatic heterocycles. The van der Waals surface area contributed by atoms with Crippen LogP contribution in [0.15, 0.2) is 24.3 Å². The van der Waals surface area contributed by atoms with E-state index >= 15 is 0 Å². The Morgan fingerprint density at radius 1 is 1.16 bits per heavy atom. The van der Waals surface area contributed by atoms with Gasteiger partial charge in [-0.2, -0.15) is 0 Å². The Hall–Kier alpha value is -1.56. The zero-order valence-corrected chi connectivity index (χ0v) is 11.9. The van der Waals surface area contributed by atoms with Crippen LogP contribution in [0.5, 0.6) is 5.75 Å². The van der Waals surface area contributed by atoms with Gasteiger partial charge in [0, 0.05) is 5.75 Å². The number of sulfone groups is 1. The predicted molar refractivity (Wildman–Crippen MR) is 72.2 cm³/mol. The van der Waals surface area contributed by atoms with Crippen molar-refractivity contribution >= 4 is 15.8 Å². The average molecular weight is 286 g/mol. The molecular formula is C13H18O5S. The summed E-state index contributed by atoms with van der Waals surface area (Å²) in [5.74, 6) is 0.239. The van der Waals surface area contributed by atoms with Gasteiger partial charge in [0.2, 0.25) is 0 Å². The van der Waals surface area contributed by atoms with E-state index in [9.17, 15) is 13.2 Å². The highest BCUT2D eigenvalue weighted by Crippen LogP contribution is 2.13. The Kier molecular flexibility index (Phi) is 5.82. The van der Waals surface area contributed by atoms with E-state index in [1.165, 1.54) is 0 Å². The van der Waals surface area contributed by atoms with Gasteiger partial charge in [0.15, 0.2) is 9.84 Å². The van der Waals surface area contributed by atoms with Gasteiger partial charge < -0.3 is 9.47 Å². The third-order valence-electron chi connectivity index (χ3n) is 2.47. The van der Waals surface area contributed by atoms with Crippen molar-refractivity contribution in [3.05, 3.63) is 29.8 Å². The first kappa shape index (κ1) is 15.5. The summed E-state index contributed by atoms with van der Waals surface area (Å²) in [6, 6.07) is 6.40. The Bertz CT molecular complexity index is 504. The van der Waals surface area contributed by atoms with Crippen LogP contribution in [0.1, 0.15) is 24.2 Å². The van der Waals surface area contributed by atoms with E-state index < -0.39 is 9.84 Å². The molecule has 0 fully saturated rings. The molecule has 1 aromatic carbocycles. The summed E-state index contributed by atoms with van der Waals surface area (Å²) in [4.78, 5) is 11.4. The molecule has 0 saturated carbocycles. The van der Waals surface area contributed by atoms with E-state index in [0.29, 0.717) is 17.9 Å². The summed E-state index contributed by atoms with van der Waals surface area (Å²) in [6.45, 7) is 3.77. The van der Waals surface area contributed by atoms with Crippen molar-refractivity contribution in [3.8, 4) is 5.75 Å². The SMILES string of the molecule is CCOC(=O)c1ccc(OCCS(=O)(=O)CC)cc1. The third kappa shape index (κ3) is 5.30. The maximum Gasteiger partial charge on any atom is 0.338 e.